The predicted molar refractivity (Wildman–Crippen MR) is 94.1 cm³/mol. The summed E-state index contributed by atoms with van der Waals surface area (Å²) in [7, 11) is 1.68. The summed E-state index contributed by atoms with van der Waals surface area (Å²) < 4.78 is 13.4. The van der Waals surface area contributed by atoms with Crippen LogP contribution in [0.4, 0.5) is 0 Å². The molecule has 1 aliphatic rings. The van der Waals surface area contributed by atoms with Gasteiger partial charge in [-0.15, -0.1) is 0 Å². The van der Waals surface area contributed by atoms with Gasteiger partial charge in [0.15, 0.2) is 5.65 Å². The smallest absolute Gasteiger partial charge is 0.165 e. The van der Waals surface area contributed by atoms with E-state index in [4.69, 9.17) is 14.5 Å². The maximum Gasteiger partial charge on any atom is 0.165 e. The Hall–Kier alpha value is -2.31. The number of rotatable bonds is 5. The molecule has 0 bridgehead atoms. The van der Waals surface area contributed by atoms with Crippen molar-refractivity contribution in [2.75, 3.05) is 13.7 Å². The predicted octanol–water partition coefficient (Wildman–Crippen LogP) is 3.26. The minimum atomic E-state index is -0.0247. The normalized spacial score (nSPS) is 17.9. The van der Waals surface area contributed by atoms with Gasteiger partial charge in [0.05, 0.1) is 5.69 Å². The van der Waals surface area contributed by atoms with Crippen LogP contribution in [0, 0.1) is 0 Å². The Morgan fingerprint density at radius 3 is 2.84 bits per heavy atom. The zero-order valence-electron chi connectivity index (χ0n) is 14.4. The standard InChI is InChI=1S/C19H22N4O2/c1-24-12-16-22-18-15(11-14-7-3-2-4-8-14)20-13-21-19(18)23(16)17-9-5-6-10-25-17/h2-4,7-8,13,17H,5-6,9-12H2,1H3. The second-order valence-electron chi connectivity index (χ2n) is 6.31. The number of hydrogen-bond acceptors (Lipinski definition) is 5. The molecule has 0 aliphatic carbocycles. The molecule has 3 aromatic rings. The van der Waals surface area contributed by atoms with Crippen molar-refractivity contribution < 1.29 is 9.47 Å². The quantitative estimate of drug-likeness (QED) is 0.714. The number of hydrogen-bond donors (Lipinski definition) is 0. The SMILES string of the molecule is COCc1nc2c(Cc3ccccc3)ncnc2n1C1CCCCO1. The molecule has 0 radical (unpaired) electrons. The molecule has 0 N–H and O–H groups in total. The zero-order chi connectivity index (χ0) is 17.1. The third kappa shape index (κ3) is 3.27. The highest BCUT2D eigenvalue weighted by molar-refractivity contribution is 5.74. The summed E-state index contributed by atoms with van der Waals surface area (Å²) in [5.74, 6) is 0.846. The van der Waals surface area contributed by atoms with Crippen molar-refractivity contribution in [1.82, 2.24) is 19.5 Å². The lowest BCUT2D eigenvalue weighted by molar-refractivity contribution is -0.0335. The van der Waals surface area contributed by atoms with Gasteiger partial charge in [0.1, 0.15) is 30.5 Å². The van der Waals surface area contributed by atoms with Crippen LogP contribution in [-0.2, 0) is 22.5 Å². The van der Waals surface area contributed by atoms with Crippen molar-refractivity contribution in [3.8, 4) is 0 Å². The van der Waals surface area contributed by atoms with Crippen LogP contribution in [-0.4, -0.2) is 33.2 Å². The molecular formula is C19H22N4O2. The fourth-order valence-electron chi connectivity index (χ4n) is 3.38. The van der Waals surface area contributed by atoms with Gasteiger partial charge < -0.3 is 9.47 Å². The first-order chi connectivity index (χ1) is 12.4. The molecular weight excluding hydrogens is 316 g/mol. The Balaban J connectivity index is 1.78. The molecule has 2 aromatic heterocycles. The third-order valence-corrected chi connectivity index (χ3v) is 4.56. The summed E-state index contributed by atoms with van der Waals surface area (Å²) in [6, 6.07) is 10.3. The van der Waals surface area contributed by atoms with Gasteiger partial charge in [-0.3, -0.25) is 4.57 Å². The van der Waals surface area contributed by atoms with Gasteiger partial charge in [0.2, 0.25) is 0 Å². The molecule has 6 nitrogen and oxygen atoms in total. The van der Waals surface area contributed by atoms with Crippen LogP contribution in [0.1, 0.15) is 42.6 Å². The topological polar surface area (TPSA) is 62.1 Å². The number of fused-ring (bicyclic) bond motifs is 1. The second kappa shape index (κ2) is 7.29. The van der Waals surface area contributed by atoms with Gasteiger partial charge in [-0.2, -0.15) is 0 Å². The lowest BCUT2D eigenvalue weighted by Crippen LogP contribution is -2.20. The first kappa shape index (κ1) is 16.2. The lowest BCUT2D eigenvalue weighted by atomic mass is 10.1. The largest absolute Gasteiger partial charge is 0.377 e. The highest BCUT2D eigenvalue weighted by Crippen LogP contribution is 2.29. The van der Waals surface area contributed by atoms with E-state index in [0.29, 0.717) is 6.61 Å². The Morgan fingerprint density at radius 2 is 2.08 bits per heavy atom. The minimum Gasteiger partial charge on any atom is -0.377 e. The molecule has 0 saturated carbocycles. The van der Waals surface area contributed by atoms with Gasteiger partial charge in [0.25, 0.3) is 0 Å². The number of methoxy groups -OCH3 is 1. The lowest BCUT2D eigenvalue weighted by Gasteiger charge is -2.25. The summed E-state index contributed by atoms with van der Waals surface area (Å²) in [5.41, 5.74) is 3.81. The highest BCUT2D eigenvalue weighted by Gasteiger charge is 2.24. The van der Waals surface area contributed by atoms with Crippen LogP contribution in [0.15, 0.2) is 36.7 Å². The summed E-state index contributed by atoms with van der Waals surface area (Å²) in [4.78, 5) is 13.8. The first-order valence-corrected chi connectivity index (χ1v) is 8.72. The summed E-state index contributed by atoms with van der Waals surface area (Å²) in [6.45, 7) is 1.21. The van der Waals surface area contributed by atoms with E-state index in [0.717, 1.165) is 55.0 Å². The highest BCUT2D eigenvalue weighted by atomic mass is 16.5. The van der Waals surface area contributed by atoms with E-state index in [2.05, 4.69) is 26.7 Å². The van der Waals surface area contributed by atoms with Crippen LogP contribution < -0.4 is 0 Å². The monoisotopic (exact) mass is 338 g/mol. The molecule has 130 valence electrons. The summed E-state index contributed by atoms with van der Waals surface area (Å²) >= 11 is 0. The summed E-state index contributed by atoms with van der Waals surface area (Å²) in [5, 5.41) is 0. The van der Waals surface area contributed by atoms with E-state index < -0.39 is 0 Å². The average Bonchev–Trinajstić information content (AvgIpc) is 3.03. The average molecular weight is 338 g/mol. The Labute approximate surface area is 146 Å². The molecule has 0 amide bonds. The number of aromatic nitrogens is 4. The molecule has 1 unspecified atom stereocenters. The van der Waals surface area contributed by atoms with Crippen LogP contribution in [0.5, 0.6) is 0 Å². The van der Waals surface area contributed by atoms with Gasteiger partial charge in [-0.25, -0.2) is 15.0 Å². The van der Waals surface area contributed by atoms with Gasteiger partial charge in [-0.1, -0.05) is 30.3 Å². The van der Waals surface area contributed by atoms with Crippen molar-refractivity contribution >= 4 is 11.2 Å². The molecule has 1 aliphatic heterocycles. The van der Waals surface area contributed by atoms with Gasteiger partial charge in [0, 0.05) is 20.1 Å². The van der Waals surface area contributed by atoms with Crippen molar-refractivity contribution in [2.45, 2.75) is 38.5 Å². The van der Waals surface area contributed by atoms with E-state index in [1.165, 1.54) is 5.56 Å². The number of nitrogens with zero attached hydrogens (tertiary/aromatic N) is 4. The maximum atomic E-state index is 5.98. The maximum absolute atomic E-state index is 5.98. The third-order valence-electron chi connectivity index (χ3n) is 4.56. The zero-order valence-corrected chi connectivity index (χ0v) is 14.4. The van der Waals surface area contributed by atoms with Gasteiger partial charge in [-0.05, 0) is 24.8 Å². The fraction of sp³-hybridized carbons (Fsp3) is 0.421. The van der Waals surface area contributed by atoms with E-state index >= 15 is 0 Å². The second-order valence-corrected chi connectivity index (χ2v) is 6.31. The number of ether oxygens (including phenoxy) is 2. The van der Waals surface area contributed by atoms with E-state index in [9.17, 15) is 0 Å². The Bertz CT molecular complexity index is 841. The molecule has 6 heteroatoms. The van der Waals surface area contributed by atoms with E-state index in [1.54, 1.807) is 13.4 Å². The minimum absolute atomic E-state index is 0.0247. The fourth-order valence-corrected chi connectivity index (χ4v) is 3.38. The first-order valence-electron chi connectivity index (χ1n) is 8.72. The van der Waals surface area contributed by atoms with Crippen molar-refractivity contribution in [1.29, 1.82) is 0 Å². The Kier molecular flexibility index (Phi) is 4.72. The molecule has 3 heterocycles. The van der Waals surface area contributed by atoms with Crippen LogP contribution in [0.3, 0.4) is 0 Å². The number of benzene rings is 1. The van der Waals surface area contributed by atoms with Crippen molar-refractivity contribution in [3.63, 3.8) is 0 Å². The molecule has 0 spiro atoms. The molecule has 25 heavy (non-hydrogen) atoms. The van der Waals surface area contributed by atoms with E-state index in [-0.39, 0.29) is 6.23 Å². The molecule has 1 fully saturated rings. The number of imidazole rings is 1. The van der Waals surface area contributed by atoms with Crippen LogP contribution in [0.2, 0.25) is 0 Å². The van der Waals surface area contributed by atoms with Crippen LogP contribution in [0.25, 0.3) is 11.2 Å². The molecule has 4 rings (SSSR count). The summed E-state index contributed by atoms with van der Waals surface area (Å²) in [6.07, 6.45) is 5.56. The van der Waals surface area contributed by atoms with Gasteiger partial charge >= 0.3 is 0 Å². The molecule has 1 aromatic carbocycles. The van der Waals surface area contributed by atoms with E-state index in [1.807, 2.05) is 18.2 Å². The van der Waals surface area contributed by atoms with Crippen molar-refractivity contribution in [2.24, 2.45) is 0 Å². The molecule has 1 saturated heterocycles. The Morgan fingerprint density at radius 1 is 1.20 bits per heavy atom. The van der Waals surface area contributed by atoms with Crippen LogP contribution >= 0.6 is 0 Å². The molecule has 1 atom stereocenters. The van der Waals surface area contributed by atoms with Crippen molar-refractivity contribution in [3.05, 3.63) is 53.7 Å².